The summed E-state index contributed by atoms with van der Waals surface area (Å²) in [5.41, 5.74) is 3.33. The zero-order valence-corrected chi connectivity index (χ0v) is 18.7. The maximum absolute atomic E-state index is 12.8. The van der Waals surface area contributed by atoms with Crippen LogP contribution in [0, 0.1) is 12.8 Å². The van der Waals surface area contributed by atoms with Crippen LogP contribution < -0.4 is 4.74 Å². The van der Waals surface area contributed by atoms with Crippen LogP contribution in [0.4, 0.5) is 0 Å². The second-order valence-electron chi connectivity index (χ2n) is 8.51. The number of para-hydroxylation sites is 3. The maximum Gasteiger partial charge on any atom is 0.274 e. The molecule has 1 saturated heterocycles. The van der Waals surface area contributed by atoms with Gasteiger partial charge in [-0.15, -0.1) is 0 Å². The number of hydrogen-bond donors (Lipinski definition) is 0. The molecule has 0 radical (unpaired) electrons. The first-order valence-electron chi connectivity index (χ1n) is 11.4. The first kappa shape index (κ1) is 21.1. The Morgan fingerprint density at radius 2 is 1.76 bits per heavy atom. The van der Waals surface area contributed by atoms with Gasteiger partial charge in [0.1, 0.15) is 23.9 Å². The number of imidazole rings is 1. The lowest BCUT2D eigenvalue weighted by atomic mass is 9.96. The number of ether oxygens (including phenoxy) is 1. The number of rotatable bonds is 6. The number of likely N-dealkylation sites (tertiary alicyclic amines) is 1. The molecule has 2 aromatic heterocycles. The van der Waals surface area contributed by atoms with Gasteiger partial charge in [0.25, 0.3) is 5.91 Å². The Labute approximate surface area is 193 Å². The molecule has 33 heavy (non-hydrogen) atoms. The molecule has 0 atom stereocenters. The molecule has 0 N–H and O–H groups in total. The van der Waals surface area contributed by atoms with Crippen molar-refractivity contribution < 1.29 is 9.53 Å². The van der Waals surface area contributed by atoms with Gasteiger partial charge in [-0.25, -0.2) is 9.97 Å². The number of fused-ring (bicyclic) bond motifs is 1. The lowest BCUT2D eigenvalue weighted by Crippen LogP contribution is -2.39. The van der Waals surface area contributed by atoms with Crippen LogP contribution in [0.15, 0.2) is 67.0 Å². The van der Waals surface area contributed by atoms with Gasteiger partial charge in [-0.3, -0.25) is 9.78 Å². The largest absolute Gasteiger partial charge is 0.486 e. The summed E-state index contributed by atoms with van der Waals surface area (Å²) >= 11 is 0. The zero-order valence-electron chi connectivity index (χ0n) is 18.7. The van der Waals surface area contributed by atoms with E-state index in [4.69, 9.17) is 9.72 Å². The van der Waals surface area contributed by atoms with Gasteiger partial charge in [0.2, 0.25) is 0 Å². The molecule has 7 nitrogen and oxygen atoms in total. The number of nitrogens with zero attached hydrogens (tertiary/aromatic N) is 5. The SMILES string of the molecule is Cc1cnc(C(=O)N2CCC(Cn3c(COc4ccccc4)nc4ccccc43)CC2)cn1. The van der Waals surface area contributed by atoms with Gasteiger partial charge < -0.3 is 14.2 Å². The molecule has 3 heterocycles. The van der Waals surface area contributed by atoms with Gasteiger partial charge in [0, 0.05) is 25.8 Å². The molecule has 1 fully saturated rings. The van der Waals surface area contributed by atoms with Crippen molar-refractivity contribution in [2.24, 2.45) is 5.92 Å². The van der Waals surface area contributed by atoms with Crippen LogP contribution >= 0.6 is 0 Å². The molecular weight excluding hydrogens is 414 g/mol. The third-order valence-corrected chi connectivity index (χ3v) is 6.19. The first-order valence-corrected chi connectivity index (χ1v) is 11.4. The minimum atomic E-state index is -0.0361. The van der Waals surface area contributed by atoms with Gasteiger partial charge in [0.05, 0.1) is 22.9 Å². The van der Waals surface area contributed by atoms with E-state index in [9.17, 15) is 4.79 Å². The topological polar surface area (TPSA) is 73.1 Å². The molecule has 0 aliphatic carbocycles. The lowest BCUT2D eigenvalue weighted by Gasteiger charge is -2.32. The molecule has 1 aliphatic heterocycles. The van der Waals surface area contributed by atoms with Crippen molar-refractivity contribution in [3.05, 3.63) is 84.2 Å². The van der Waals surface area contributed by atoms with E-state index in [1.807, 2.05) is 60.4 Å². The molecule has 1 amide bonds. The Morgan fingerprint density at radius 3 is 2.52 bits per heavy atom. The third-order valence-electron chi connectivity index (χ3n) is 6.19. The van der Waals surface area contributed by atoms with E-state index < -0.39 is 0 Å². The number of piperidine rings is 1. The number of hydrogen-bond acceptors (Lipinski definition) is 5. The molecular formula is C26H27N5O2. The van der Waals surface area contributed by atoms with Crippen LogP contribution in [0.5, 0.6) is 5.75 Å². The number of carbonyl (C=O) groups is 1. The predicted octanol–water partition coefficient (Wildman–Crippen LogP) is 4.27. The van der Waals surface area contributed by atoms with Crippen LogP contribution in [0.25, 0.3) is 11.0 Å². The van der Waals surface area contributed by atoms with Gasteiger partial charge in [-0.2, -0.15) is 0 Å². The average molecular weight is 442 g/mol. The highest BCUT2D eigenvalue weighted by Crippen LogP contribution is 2.25. The number of aromatic nitrogens is 4. The van der Waals surface area contributed by atoms with Crippen molar-refractivity contribution >= 4 is 16.9 Å². The van der Waals surface area contributed by atoms with Crippen LogP contribution in [0.1, 0.15) is 34.8 Å². The summed E-state index contributed by atoms with van der Waals surface area (Å²) in [6.07, 6.45) is 5.09. The van der Waals surface area contributed by atoms with Gasteiger partial charge >= 0.3 is 0 Å². The summed E-state index contributed by atoms with van der Waals surface area (Å²) < 4.78 is 8.29. The van der Waals surface area contributed by atoms with E-state index in [1.165, 1.54) is 0 Å². The Kier molecular flexibility index (Phi) is 6.02. The molecule has 2 aromatic carbocycles. The number of amides is 1. The van der Waals surface area contributed by atoms with Crippen molar-refractivity contribution in [2.75, 3.05) is 13.1 Å². The van der Waals surface area contributed by atoms with Crippen molar-refractivity contribution in [3.63, 3.8) is 0 Å². The molecule has 7 heteroatoms. The number of carbonyl (C=O) groups excluding carboxylic acids is 1. The van der Waals surface area contributed by atoms with Crippen LogP contribution in [0.2, 0.25) is 0 Å². The molecule has 5 rings (SSSR count). The fraction of sp³-hybridized carbons (Fsp3) is 0.308. The Morgan fingerprint density at radius 1 is 1.00 bits per heavy atom. The summed E-state index contributed by atoms with van der Waals surface area (Å²) in [5.74, 6) is 2.19. The Bertz CT molecular complexity index is 1230. The standard InChI is InChI=1S/C26H27N5O2/c1-19-15-28-23(16-27-19)26(32)30-13-11-20(12-14-30)17-31-24-10-6-5-9-22(24)29-25(31)18-33-21-7-3-2-4-8-21/h2-10,15-16,20H,11-14,17-18H2,1H3. The molecule has 168 valence electrons. The van der Waals surface area contributed by atoms with Crippen molar-refractivity contribution in [3.8, 4) is 5.75 Å². The van der Waals surface area contributed by atoms with E-state index in [0.29, 0.717) is 18.2 Å². The summed E-state index contributed by atoms with van der Waals surface area (Å²) in [6.45, 7) is 4.59. The second-order valence-corrected chi connectivity index (χ2v) is 8.51. The average Bonchev–Trinajstić information content (AvgIpc) is 3.21. The van der Waals surface area contributed by atoms with E-state index in [1.54, 1.807) is 12.4 Å². The third kappa shape index (κ3) is 4.72. The predicted molar refractivity (Wildman–Crippen MR) is 126 cm³/mol. The van der Waals surface area contributed by atoms with Gasteiger partial charge in [0.15, 0.2) is 0 Å². The first-order chi connectivity index (χ1) is 16.2. The fourth-order valence-corrected chi connectivity index (χ4v) is 4.35. The second kappa shape index (κ2) is 9.40. The van der Waals surface area contributed by atoms with Gasteiger partial charge in [-0.1, -0.05) is 30.3 Å². The smallest absolute Gasteiger partial charge is 0.274 e. The number of aryl methyl sites for hydroxylation is 1. The highest BCUT2D eigenvalue weighted by Gasteiger charge is 2.26. The van der Waals surface area contributed by atoms with Crippen LogP contribution in [-0.4, -0.2) is 43.4 Å². The lowest BCUT2D eigenvalue weighted by molar-refractivity contribution is 0.0676. The summed E-state index contributed by atoms with van der Waals surface area (Å²) in [7, 11) is 0. The van der Waals surface area contributed by atoms with Crippen molar-refractivity contribution in [1.29, 1.82) is 0 Å². The van der Waals surface area contributed by atoms with Crippen molar-refractivity contribution in [1.82, 2.24) is 24.4 Å². The van der Waals surface area contributed by atoms with E-state index in [0.717, 1.165) is 60.8 Å². The summed E-state index contributed by atoms with van der Waals surface area (Å²) in [5, 5.41) is 0. The molecule has 0 bridgehead atoms. The molecule has 4 aromatic rings. The minimum absolute atomic E-state index is 0.0361. The van der Waals surface area contributed by atoms with Gasteiger partial charge in [-0.05, 0) is 49.9 Å². The quantitative estimate of drug-likeness (QED) is 0.447. The monoisotopic (exact) mass is 441 g/mol. The Hall–Kier alpha value is -3.74. The molecule has 0 saturated carbocycles. The van der Waals surface area contributed by atoms with E-state index in [-0.39, 0.29) is 5.91 Å². The zero-order chi connectivity index (χ0) is 22.6. The highest BCUT2D eigenvalue weighted by atomic mass is 16.5. The van der Waals surface area contributed by atoms with Crippen molar-refractivity contribution in [2.45, 2.75) is 32.9 Å². The highest BCUT2D eigenvalue weighted by molar-refractivity contribution is 5.92. The normalized spacial score (nSPS) is 14.5. The van der Waals surface area contributed by atoms with E-state index in [2.05, 4.69) is 20.6 Å². The molecule has 1 aliphatic rings. The maximum atomic E-state index is 12.8. The summed E-state index contributed by atoms with van der Waals surface area (Å²) in [4.78, 5) is 28.0. The van der Waals surface area contributed by atoms with E-state index >= 15 is 0 Å². The minimum Gasteiger partial charge on any atom is -0.486 e. The van der Waals surface area contributed by atoms with Crippen LogP contribution in [-0.2, 0) is 13.2 Å². The van der Waals surface area contributed by atoms with Crippen LogP contribution in [0.3, 0.4) is 0 Å². The number of benzene rings is 2. The Balaban J connectivity index is 1.27. The molecule has 0 spiro atoms. The molecule has 0 unspecified atom stereocenters. The fourth-order valence-electron chi connectivity index (χ4n) is 4.35. The summed E-state index contributed by atoms with van der Waals surface area (Å²) in [6, 6.07) is 18.0.